The molecular formula is C19H21BrN2O. The lowest BCUT2D eigenvalue weighted by Crippen LogP contribution is -2.09. The Morgan fingerprint density at radius 2 is 1.57 bits per heavy atom. The summed E-state index contributed by atoms with van der Waals surface area (Å²) in [7, 11) is 0. The Balaban J connectivity index is 1.94. The fourth-order valence-electron chi connectivity index (χ4n) is 2.07. The molecule has 2 aromatic carbocycles. The lowest BCUT2D eigenvalue weighted by atomic mass is 10.2. The molecule has 2 aromatic rings. The van der Waals surface area contributed by atoms with Crippen LogP contribution >= 0.6 is 15.9 Å². The van der Waals surface area contributed by atoms with E-state index < -0.39 is 0 Å². The number of aliphatic imine (C=N–C) groups is 1. The molecule has 3 nitrogen and oxygen atoms in total. The van der Waals surface area contributed by atoms with E-state index in [9.17, 15) is 0 Å². The molecule has 0 atom stereocenters. The number of hydrogen-bond acceptors (Lipinski definition) is 3. The highest BCUT2D eigenvalue weighted by Gasteiger charge is 2.08. The lowest BCUT2D eigenvalue weighted by molar-refractivity contribution is 0.215. The molecule has 0 aliphatic rings. The van der Waals surface area contributed by atoms with Gasteiger partial charge in [0.05, 0.1) is 5.70 Å². The van der Waals surface area contributed by atoms with Crippen molar-refractivity contribution in [2.24, 2.45) is 10.7 Å². The molecule has 0 fully saturated rings. The second-order valence-electron chi connectivity index (χ2n) is 5.19. The van der Waals surface area contributed by atoms with E-state index in [1.807, 2.05) is 55.5 Å². The number of rotatable bonds is 7. The van der Waals surface area contributed by atoms with E-state index in [0.717, 1.165) is 12.0 Å². The summed E-state index contributed by atoms with van der Waals surface area (Å²) in [4.78, 5) is 4.52. The average molecular weight is 373 g/mol. The number of halogens is 1. The van der Waals surface area contributed by atoms with E-state index in [1.165, 1.54) is 5.56 Å². The number of benzene rings is 2. The largest absolute Gasteiger partial charge is 0.484 e. The van der Waals surface area contributed by atoms with Gasteiger partial charge in [0.2, 0.25) is 0 Å². The fraction of sp³-hybridized carbons (Fsp3) is 0.211. The maximum atomic E-state index is 5.93. The molecule has 23 heavy (non-hydrogen) atoms. The van der Waals surface area contributed by atoms with Gasteiger partial charge >= 0.3 is 0 Å². The SMILES string of the molecule is C/C(N)=C(\OCc1ccccc1)C(Br)=NCCc1ccccc1. The Bertz CT molecular complexity index is 662. The third-order valence-electron chi connectivity index (χ3n) is 3.27. The summed E-state index contributed by atoms with van der Waals surface area (Å²) in [5, 5.41) is 0. The first-order valence-electron chi connectivity index (χ1n) is 7.54. The minimum atomic E-state index is 0.466. The minimum Gasteiger partial charge on any atom is -0.484 e. The number of allylic oxidation sites excluding steroid dienone is 2. The van der Waals surface area contributed by atoms with Crippen LogP contribution in [0.2, 0.25) is 0 Å². The topological polar surface area (TPSA) is 47.6 Å². The van der Waals surface area contributed by atoms with Gasteiger partial charge in [-0.25, -0.2) is 0 Å². The second kappa shape index (κ2) is 9.16. The molecule has 0 saturated carbocycles. The molecule has 0 saturated heterocycles. The highest BCUT2D eigenvalue weighted by Crippen LogP contribution is 2.14. The van der Waals surface area contributed by atoms with Gasteiger partial charge in [0.15, 0.2) is 5.76 Å². The number of hydrogen-bond donors (Lipinski definition) is 1. The quantitative estimate of drug-likeness (QED) is 0.577. The van der Waals surface area contributed by atoms with Crippen LogP contribution in [0.4, 0.5) is 0 Å². The van der Waals surface area contributed by atoms with E-state index in [1.54, 1.807) is 0 Å². The first kappa shape index (κ1) is 17.3. The predicted octanol–water partition coefficient (Wildman–Crippen LogP) is 4.43. The zero-order valence-electron chi connectivity index (χ0n) is 13.2. The molecule has 0 aliphatic carbocycles. The van der Waals surface area contributed by atoms with E-state index in [4.69, 9.17) is 10.5 Å². The average Bonchev–Trinajstić information content (AvgIpc) is 2.56. The van der Waals surface area contributed by atoms with Gasteiger partial charge in [-0.05, 0) is 40.4 Å². The van der Waals surface area contributed by atoms with Crippen LogP contribution in [0.1, 0.15) is 18.1 Å². The van der Waals surface area contributed by atoms with Crippen molar-refractivity contribution in [1.82, 2.24) is 0 Å². The van der Waals surface area contributed by atoms with Crippen molar-refractivity contribution in [2.45, 2.75) is 20.0 Å². The molecule has 0 unspecified atom stereocenters. The van der Waals surface area contributed by atoms with Crippen LogP contribution in [-0.4, -0.2) is 11.2 Å². The number of ether oxygens (including phenoxy) is 1. The zero-order valence-corrected chi connectivity index (χ0v) is 14.8. The van der Waals surface area contributed by atoms with E-state index in [-0.39, 0.29) is 0 Å². The second-order valence-corrected chi connectivity index (χ2v) is 5.95. The van der Waals surface area contributed by atoms with Crippen LogP contribution in [0.25, 0.3) is 0 Å². The summed E-state index contributed by atoms with van der Waals surface area (Å²) >= 11 is 3.48. The van der Waals surface area contributed by atoms with Crippen molar-refractivity contribution in [3.8, 4) is 0 Å². The van der Waals surface area contributed by atoms with E-state index >= 15 is 0 Å². The van der Waals surface area contributed by atoms with Crippen molar-refractivity contribution in [3.05, 3.63) is 83.2 Å². The summed E-state index contributed by atoms with van der Waals surface area (Å²) in [5.74, 6) is 0.599. The highest BCUT2D eigenvalue weighted by molar-refractivity contribution is 9.18. The molecule has 0 radical (unpaired) electrons. The maximum Gasteiger partial charge on any atom is 0.170 e. The van der Waals surface area contributed by atoms with Gasteiger partial charge in [0, 0.05) is 6.54 Å². The maximum absolute atomic E-state index is 5.93. The van der Waals surface area contributed by atoms with Crippen LogP contribution in [0, 0.1) is 0 Å². The smallest absolute Gasteiger partial charge is 0.170 e. The minimum absolute atomic E-state index is 0.466. The predicted molar refractivity (Wildman–Crippen MR) is 99.5 cm³/mol. The summed E-state index contributed by atoms with van der Waals surface area (Å²) in [6.45, 7) is 2.96. The van der Waals surface area contributed by atoms with Gasteiger partial charge in [0.25, 0.3) is 0 Å². The summed E-state index contributed by atoms with van der Waals surface area (Å²) in [5.41, 5.74) is 8.89. The van der Waals surface area contributed by atoms with E-state index in [0.29, 0.717) is 29.2 Å². The molecule has 0 aliphatic heterocycles. The van der Waals surface area contributed by atoms with Crippen LogP contribution in [0.3, 0.4) is 0 Å². The van der Waals surface area contributed by atoms with Gasteiger partial charge in [-0.3, -0.25) is 4.99 Å². The Labute approximate surface area is 146 Å². The number of nitrogens with two attached hydrogens (primary N) is 1. The van der Waals surface area contributed by atoms with Crippen LogP contribution in [-0.2, 0) is 17.8 Å². The monoisotopic (exact) mass is 372 g/mol. The standard InChI is InChI=1S/C19H21BrN2O/c1-15(21)18(23-14-17-10-6-3-7-11-17)19(20)22-13-12-16-8-4-2-5-9-16/h2-11H,12-14,21H2,1H3/b18-15+,22-19?. The van der Waals surface area contributed by atoms with Gasteiger partial charge in [0.1, 0.15) is 11.2 Å². The Morgan fingerprint density at radius 3 is 2.13 bits per heavy atom. The molecule has 4 heteroatoms. The molecule has 2 rings (SSSR count). The summed E-state index contributed by atoms with van der Waals surface area (Å²) in [6, 6.07) is 20.3. The Hall–Kier alpha value is -2.07. The van der Waals surface area contributed by atoms with Crippen molar-refractivity contribution in [1.29, 1.82) is 0 Å². The van der Waals surface area contributed by atoms with Crippen molar-refractivity contribution >= 4 is 20.6 Å². The van der Waals surface area contributed by atoms with Gasteiger partial charge in [-0.2, -0.15) is 0 Å². The molecule has 120 valence electrons. The third kappa shape index (κ3) is 5.91. The molecule has 2 N–H and O–H groups in total. The van der Waals surface area contributed by atoms with E-state index in [2.05, 4.69) is 33.1 Å². The normalized spacial score (nSPS) is 12.7. The van der Waals surface area contributed by atoms with Gasteiger partial charge in [-0.15, -0.1) is 0 Å². The van der Waals surface area contributed by atoms with Crippen LogP contribution in [0.5, 0.6) is 0 Å². The van der Waals surface area contributed by atoms with Crippen molar-refractivity contribution < 1.29 is 4.74 Å². The van der Waals surface area contributed by atoms with Crippen molar-refractivity contribution in [3.63, 3.8) is 0 Å². The Morgan fingerprint density at radius 1 is 1.00 bits per heavy atom. The van der Waals surface area contributed by atoms with Gasteiger partial charge < -0.3 is 10.5 Å². The first-order chi connectivity index (χ1) is 11.2. The van der Waals surface area contributed by atoms with Crippen LogP contribution in [0.15, 0.2) is 77.1 Å². The first-order valence-corrected chi connectivity index (χ1v) is 8.33. The van der Waals surface area contributed by atoms with Crippen molar-refractivity contribution in [2.75, 3.05) is 6.54 Å². The summed E-state index contributed by atoms with van der Waals surface area (Å²) < 4.78 is 6.49. The fourth-order valence-corrected chi connectivity index (χ4v) is 2.67. The van der Waals surface area contributed by atoms with Gasteiger partial charge in [-0.1, -0.05) is 60.7 Å². The Kier molecular flexibility index (Phi) is 6.88. The molecule has 0 amide bonds. The zero-order chi connectivity index (χ0) is 16.5. The number of nitrogens with zero attached hydrogens (tertiary/aromatic N) is 1. The molecule has 0 aromatic heterocycles. The molecular weight excluding hydrogens is 352 g/mol. The lowest BCUT2D eigenvalue weighted by Gasteiger charge is -2.11. The molecule has 0 spiro atoms. The summed E-state index contributed by atoms with van der Waals surface area (Å²) in [6.07, 6.45) is 0.880. The molecule has 0 bridgehead atoms. The molecule has 0 heterocycles. The highest BCUT2D eigenvalue weighted by atomic mass is 79.9. The third-order valence-corrected chi connectivity index (χ3v) is 3.88. The van der Waals surface area contributed by atoms with Crippen LogP contribution < -0.4 is 5.73 Å².